The minimum absolute atomic E-state index is 0.105. The van der Waals surface area contributed by atoms with Gasteiger partial charge in [0.2, 0.25) is 11.8 Å². The van der Waals surface area contributed by atoms with Crippen molar-refractivity contribution in [1.82, 2.24) is 15.5 Å². The lowest BCUT2D eigenvalue weighted by Crippen LogP contribution is -2.59. The number of benzene rings is 1. The van der Waals surface area contributed by atoms with E-state index in [2.05, 4.69) is 16.7 Å². The van der Waals surface area contributed by atoms with Crippen LogP contribution in [0.3, 0.4) is 0 Å². The second kappa shape index (κ2) is 13.0. The van der Waals surface area contributed by atoms with E-state index in [0.29, 0.717) is 6.42 Å². The van der Waals surface area contributed by atoms with E-state index in [1.165, 1.54) is 6.42 Å². The van der Waals surface area contributed by atoms with Gasteiger partial charge in [-0.2, -0.15) is 0 Å². The summed E-state index contributed by atoms with van der Waals surface area (Å²) < 4.78 is 5.49. The second-order valence-corrected chi connectivity index (χ2v) is 13.4. The van der Waals surface area contributed by atoms with Gasteiger partial charge >= 0.3 is 6.09 Å². The summed E-state index contributed by atoms with van der Waals surface area (Å²) in [5, 5.41) is 6.09. The summed E-state index contributed by atoms with van der Waals surface area (Å²) in [6, 6.07) is 4.48. The smallest absolute Gasteiger partial charge is 0.408 e. The lowest BCUT2D eigenvalue weighted by Gasteiger charge is -2.44. The summed E-state index contributed by atoms with van der Waals surface area (Å²) in [6.45, 7) is 19.2. The monoisotopic (exact) mass is 529 g/mol. The largest absolute Gasteiger partial charge is 0.444 e. The number of alkyl carbamates (subject to hydrolysis) is 1. The van der Waals surface area contributed by atoms with Crippen LogP contribution in [-0.4, -0.2) is 46.0 Å². The molecule has 3 amide bonds. The third kappa shape index (κ3) is 9.63. The average molecular weight is 530 g/mol. The zero-order valence-electron chi connectivity index (χ0n) is 25.4. The first-order valence-corrected chi connectivity index (χ1v) is 14.2. The summed E-state index contributed by atoms with van der Waals surface area (Å²) in [4.78, 5) is 42.9. The molecule has 1 aromatic carbocycles. The number of amides is 3. The highest BCUT2D eigenvalue weighted by Crippen LogP contribution is 2.32. The molecule has 0 aliphatic heterocycles. The van der Waals surface area contributed by atoms with Gasteiger partial charge in [-0.05, 0) is 86.1 Å². The molecule has 1 aliphatic rings. The predicted octanol–water partition coefficient (Wildman–Crippen LogP) is 6.36. The number of carbonyl (C=O) groups is 3. The number of nitrogens with one attached hydrogen (secondary N) is 2. The number of carbonyl (C=O) groups excluding carboxylic acids is 3. The lowest BCUT2D eigenvalue weighted by atomic mass is 9.91. The van der Waals surface area contributed by atoms with Crippen molar-refractivity contribution in [1.29, 1.82) is 0 Å². The second-order valence-electron chi connectivity index (χ2n) is 13.4. The SMILES string of the molecule is Cc1cc(C)cc(C(C(=O)NC2CCCCC2)N(C(=O)C(CC(C)C)NC(=O)OC(C)(C)C)C(C)(C)C)c1. The molecule has 2 atom stereocenters. The molecule has 38 heavy (non-hydrogen) atoms. The Morgan fingerprint density at radius 1 is 0.947 bits per heavy atom. The van der Waals surface area contributed by atoms with E-state index < -0.39 is 29.3 Å². The summed E-state index contributed by atoms with van der Waals surface area (Å²) in [7, 11) is 0. The van der Waals surface area contributed by atoms with Crippen molar-refractivity contribution < 1.29 is 19.1 Å². The molecule has 1 aromatic rings. The number of aryl methyl sites for hydroxylation is 2. The van der Waals surface area contributed by atoms with Gasteiger partial charge in [0.25, 0.3) is 0 Å². The molecule has 1 aliphatic carbocycles. The summed E-state index contributed by atoms with van der Waals surface area (Å²) in [5.41, 5.74) is 1.44. The van der Waals surface area contributed by atoms with Crippen molar-refractivity contribution in [3.63, 3.8) is 0 Å². The van der Waals surface area contributed by atoms with Gasteiger partial charge in [-0.1, -0.05) is 62.4 Å². The minimum atomic E-state index is -0.835. The Kier molecular flexibility index (Phi) is 10.8. The van der Waals surface area contributed by atoms with Crippen LogP contribution in [0, 0.1) is 19.8 Å². The van der Waals surface area contributed by atoms with Gasteiger partial charge in [-0.25, -0.2) is 4.79 Å². The van der Waals surface area contributed by atoms with E-state index in [4.69, 9.17) is 4.74 Å². The first kappa shape index (κ1) is 31.6. The Hall–Kier alpha value is -2.57. The molecule has 7 heteroatoms. The number of hydrogen-bond acceptors (Lipinski definition) is 4. The zero-order valence-corrected chi connectivity index (χ0v) is 25.4. The molecule has 2 unspecified atom stereocenters. The van der Waals surface area contributed by atoms with E-state index in [-0.39, 0.29) is 23.8 Å². The quantitative estimate of drug-likeness (QED) is 0.410. The van der Waals surface area contributed by atoms with Crippen LogP contribution in [0.25, 0.3) is 0 Å². The van der Waals surface area contributed by atoms with Crippen molar-refractivity contribution in [3.05, 3.63) is 34.9 Å². The summed E-state index contributed by atoms with van der Waals surface area (Å²) in [5.74, 6) is -0.331. The molecule has 1 saturated carbocycles. The Morgan fingerprint density at radius 2 is 1.50 bits per heavy atom. The third-order valence-corrected chi connectivity index (χ3v) is 6.67. The van der Waals surface area contributed by atoms with Gasteiger partial charge in [-0.15, -0.1) is 0 Å². The van der Waals surface area contributed by atoms with Crippen molar-refractivity contribution in [3.8, 4) is 0 Å². The van der Waals surface area contributed by atoms with E-state index in [1.807, 2.05) is 60.6 Å². The summed E-state index contributed by atoms with van der Waals surface area (Å²) in [6.07, 6.45) is 5.06. The molecule has 214 valence electrons. The number of rotatable bonds is 8. The molecule has 0 heterocycles. The number of ether oxygens (including phenoxy) is 1. The van der Waals surface area contributed by atoms with E-state index >= 15 is 0 Å². The third-order valence-electron chi connectivity index (χ3n) is 6.67. The van der Waals surface area contributed by atoms with Crippen molar-refractivity contribution in [2.45, 2.75) is 137 Å². The van der Waals surface area contributed by atoms with E-state index in [9.17, 15) is 14.4 Å². The highest BCUT2D eigenvalue weighted by atomic mass is 16.6. The minimum Gasteiger partial charge on any atom is -0.444 e. The van der Waals surface area contributed by atoms with Crippen LogP contribution >= 0.6 is 0 Å². The van der Waals surface area contributed by atoms with Crippen molar-refractivity contribution >= 4 is 17.9 Å². The fourth-order valence-corrected chi connectivity index (χ4v) is 5.27. The zero-order chi connectivity index (χ0) is 28.8. The molecular formula is C31H51N3O4. The molecule has 1 fully saturated rings. The molecule has 0 spiro atoms. The fraction of sp³-hybridized carbons (Fsp3) is 0.710. The van der Waals surface area contributed by atoms with E-state index in [0.717, 1.165) is 42.4 Å². The van der Waals surface area contributed by atoms with Gasteiger partial charge in [0, 0.05) is 11.6 Å². The van der Waals surface area contributed by atoms with Crippen molar-refractivity contribution in [2.75, 3.05) is 0 Å². The normalized spacial score (nSPS) is 16.5. The molecule has 0 aromatic heterocycles. The summed E-state index contributed by atoms with van der Waals surface area (Å²) >= 11 is 0. The van der Waals surface area contributed by atoms with Gasteiger partial charge in [0.15, 0.2) is 0 Å². The number of hydrogen-bond donors (Lipinski definition) is 2. The Morgan fingerprint density at radius 3 is 1.97 bits per heavy atom. The van der Waals surface area contributed by atoms with Gasteiger partial charge in [0.1, 0.15) is 17.7 Å². The Labute approximate surface area is 230 Å². The maximum Gasteiger partial charge on any atom is 0.408 e. The molecule has 7 nitrogen and oxygen atoms in total. The van der Waals surface area contributed by atoms with Crippen LogP contribution < -0.4 is 10.6 Å². The Balaban J connectivity index is 2.56. The van der Waals surface area contributed by atoms with Crippen LogP contribution in [0.5, 0.6) is 0 Å². The van der Waals surface area contributed by atoms with Crippen molar-refractivity contribution in [2.24, 2.45) is 5.92 Å². The highest BCUT2D eigenvalue weighted by molar-refractivity contribution is 5.92. The van der Waals surface area contributed by atoms with Crippen LogP contribution in [0.4, 0.5) is 4.79 Å². The first-order chi connectivity index (χ1) is 17.5. The molecule has 0 saturated heterocycles. The van der Waals surface area contributed by atoms with Gasteiger partial charge in [0.05, 0.1) is 0 Å². The predicted molar refractivity (Wildman–Crippen MR) is 153 cm³/mol. The first-order valence-electron chi connectivity index (χ1n) is 14.2. The molecular weight excluding hydrogens is 478 g/mol. The molecule has 0 radical (unpaired) electrons. The van der Waals surface area contributed by atoms with E-state index in [1.54, 1.807) is 25.7 Å². The van der Waals surface area contributed by atoms with Crippen LogP contribution in [0.1, 0.15) is 117 Å². The highest BCUT2D eigenvalue weighted by Gasteiger charge is 2.42. The van der Waals surface area contributed by atoms with Gasteiger partial charge in [-0.3, -0.25) is 9.59 Å². The maximum atomic E-state index is 14.4. The molecule has 2 N–H and O–H groups in total. The van der Waals surface area contributed by atoms with Crippen LogP contribution in [0.15, 0.2) is 18.2 Å². The average Bonchev–Trinajstić information content (AvgIpc) is 2.73. The molecule has 2 rings (SSSR count). The van der Waals surface area contributed by atoms with Gasteiger partial charge < -0.3 is 20.3 Å². The van der Waals surface area contributed by atoms with Crippen LogP contribution in [0.2, 0.25) is 0 Å². The van der Waals surface area contributed by atoms with Crippen LogP contribution in [-0.2, 0) is 14.3 Å². The lowest BCUT2D eigenvalue weighted by molar-refractivity contribution is -0.149. The molecule has 0 bridgehead atoms. The standard InChI is InChI=1S/C31H51N3O4/c1-20(2)16-25(33-29(37)38-31(8,9)10)28(36)34(30(5,6)7)26(23-18-21(3)17-22(4)19-23)27(35)32-24-14-12-11-13-15-24/h17-20,24-26H,11-16H2,1-10H3,(H,32,35)(H,33,37). The topological polar surface area (TPSA) is 87.7 Å². The fourth-order valence-electron chi connectivity index (χ4n) is 5.27. The maximum absolute atomic E-state index is 14.4. The number of nitrogens with zero attached hydrogens (tertiary/aromatic N) is 1. The Bertz CT molecular complexity index is 948.